The molecule has 3 atom stereocenters. The molecule has 2 aliphatic heterocycles. The second-order valence-corrected chi connectivity index (χ2v) is 5.53. The first kappa shape index (κ1) is 12.3. The molecule has 2 heterocycles. The molecule has 0 aromatic carbocycles. The van der Waals surface area contributed by atoms with Crippen molar-refractivity contribution in [3.8, 4) is 0 Å². The first-order valence-electron chi connectivity index (χ1n) is 6.34. The predicted octanol–water partition coefficient (Wildman–Crippen LogP) is 0.210. The quantitative estimate of drug-likeness (QED) is 0.725. The van der Waals surface area contributed by atoms with Crippen molar-refractivity contribution in [2.24, 2.45) is 0 Å². The van der Waals surface area contributed by atoms with Crippen LogP contribution in [0.15, 0.2) is 0 Å². The summed E-state index contributed by atoms with van der Waals surface area (Å²) >= 11 is 0. The molecule has 94 valence electrons. The molecule has 0 bridgehead atoms. The zero-order valence-electron chi connectivity index (χ0n) is 10.4. The van der Waals surface area contributed by atoms with Gasteiger partial charge in [-0.25, -0.2) is 0 Å². The standard InChI is InChI=1S/C12H24N2O2/c1-10(7-11-8-16-6-4-13-11)14-5-3-12(2,15)9-14/h10-11,13,15H,3-9H2,1-2H3. The number of rotatable bonds is 3. The average Bonchev–Trinajstić information content (AvgIpc) is 2.60. The van der Waals surface area contributed by atoms with Gasteiger partial charge in [0.15, 0.2) is 0 Å². The minimum Gasteiger partial charge on any atom is -0.389 e. The van der Waals surface area contributed by atoms with E-state index in [-0.39, 0.29) is 0 Å². The Morgan fingerprint density at radius 1 is 1.62 bits per heavy atom. The smallest absolute Gasteiger partial charge is 0.0758 e. The highest BCUT2D eigenvalue weighted by atomic mass is 16.5. The van der Waals surface area contributed by atoms with E-state index in [2.05, 4.69) is 17.1 Å². The van der Waals surface area contributed by atoms with E-state index in [4.69, 9.17) is 4.74 Å². The second-order valence-electron chi connectivity index (χ2n) is 5.53. The van der Waals surface area contributed by atoms with Crippen LogP contribution >= 0.6 is 0 Å². The Bertz CT molecular complexity index is 227. The van der Waals surface area contributed by atoms with E-state index in [1.54, 1.807) is 0 Å². The van der Waals surface area contributed by atoms with Crippen LogP contribution < -0.4 is 5.32 Å². The number of likely N-dealkylation sites (tertiary alicyclic amines) is 1. The van der Waals surface area contributed by atoms with Crippen LogP contribution in [0.1, 0.15) is 26.7 Å². The summed E-state index contributed by atoms with van der Waals surface area (Å²) in [7, 11) is 0. The van der Waals surface area contributed by atoms with Gasteiger partial charge in [-0.05, 0) is 26.7 Å². The number of β-amino-alcohol motifs (C(OH)–C–C–N with tert-alkyl or cyclic N) is 1. The molecule has 0 spiro atoms. The number of aliphatic hydroxyl groups is 1. The summed E-state index contributed by atoms with van der Waals surface area (Å²) in [6.45, 7) is 8.63. The summed E-state index contributed by atoms with van der Waals surface area (Å²) in [6.07, 6.45) is 2.00. The topological polar surface area (TPSA) is 44.7 Å². The van der Waals surface area contributed by atoms with Crippen molar-refractivity contribution in [3.05, 3.63) is 0 Å². The van der Waals surface area contributed by atoms with Crippen LogP contribution in [0.25, 0.3) is 0 Å². The molecule has 4 nitrogen and oxygen atoms in total. The average molecular weight is 228 g/mol. The molecule has 16 heavy (non-hydrogen) atoms. The van der Waals surface area contributed by atoms with Crippen LogP contribution in [0.4, 0.5) is 0 Å². The van der Waals surface area contributed by atoms with Gasteiger partial charge >= 0.3 is 0 Å². The van der Waals surface area contributed by atoms with Gasteiger partial charge in [-0.3, -0.25) is 4.90 Å². The fraction of sp³-hybridized carbons (Fsp3) is 1.00. The Labute approximate surface area is 98.0 Å². The van der Waals surface area contributed by atoms with Crippen LogP contribution in [-0.2, 0) is 4.74 Å². The third-order valence-electron chi connectivity index (χ3n) is 3.73. The van der Waals surface area contributed by atoms with Gasteiger partial charge in [-0.2, -0.15) is 0 Å². The molecule has 2 N–H and O–H groups in total. The Balaban J connectivity index is 1.77. The highest BCUT2D eigenvalue weighted by Crippen LogP contribution is 2.23. The number of hydrogen-bond acceptors (Lipinski definition) is 4. The predicted molar refractivity (Wildman–Crippen MR) is 63.5 cm³/mol. The van der Waals surface area contributed by atoms with E-state index in [1.165, 1.54) is 0 Å². The monoisotopic (exact) mass is 228 g/mol. The zero-order chi connectivity index (χ0) is 11.6. The number of nitrogens with one attached hydrogen (secondary N) is 1. The van der Waals surface area contributed by atoms with Gasteiger partial charge in [0, 0.05) is 31.7 Å². The number of hydrogen-bond donors (Lipinski definition) is 2. The maximum Gasteiger partial charge on any atom is 0.0758 e. The SMILES string of the molecule is CC(CC1COCCN1)N1CCC(C)(O)C1. The molecular weight excluding hydrogens is 204 g/mol. The highest BCUT2D eigenvalue weighted by Gasteiger charge is 2.34. The summed E-state index contributed by atoms with van der Waals surface area (Å²) < 4.78 is 5.46. The summed E-state index contributed by atoms with van der Waals surface area (Å²) in [5.41, 5.74) is -0.481. The summed E-state index contributed by atoms with van der Waals surface area (Å²) in [5, 5.41) is 13.4. The van der Waals surface area contributed by atoms with Crippen molar-refractivity contribution in [2.45, 2.75) is 44.4 Å². The molecule has 2 rings (SSSR count). The molecule has 0 radical (unpaired) electrons. The number of morpholine rings is 1. The zero-order valence-corrected chi connectivity index (χ0v) is 10.4. The molecule has 2 saturated heterocycles. The lowest BCUT2D eigenvalue weighted by molar-refractivity contribution is 0.0496. The lowest BCUT2D eigenvalue weighted by Crippen LogP contribution is -2.46. The normalized spacial score (nSPS) is 38.8. The summed E-state index contributed by atoms with van der Waals surface area (Å²) in [5.74, 6) is 0. The van der Waals surface area contributed by atoms with E-state index in [1.807, 2.05) is 6.92 Å². The second kappa shape index (κ2) is 5.00. The van der Waals surface area contributed by atoms with E-state index in [0.717, 1.165) is 45.7 Å². The number of nitrogens with zero attached hydrogens (tertiary/aromatic N) is 1. The van der Waals surface area contributed by atoms with Crippen LogP contribution in [0.5, 0.6) is 0 Å². The van der Waals surface area contributed by atoms with Crippen molar-refractivity contribution >= 4 is 0 Å². The van der Waals surface area contributed by atoms with Gasteiger partial charge in [0.25, 0.3) is 0 Å². The van der Waals surface area contributed by atoms with Gasteiger partial charge in [0.2, 0.25) is 0 Å². The molecule has 0 amide bonds. The minimum atomic E-state index is -0.481. The molecule has 0 aromatic heterocycles. The maximum absolute atomic E-state index is 9.94. The first-order chi connectivity index (χ1) is 7.57. The van der Waals surface area contributed by atoms with Crippen LogP contribution in [0.3, 0.4) is 0 Å². The van der Waals surface area contributed by atoms with Crippen molar-refractivity contribution in [1.82, 2.24) is 10.2 Å². The molecule has 0 saturated carbocycles. The first-order valence-corrected chi connectivity index (χ1v) is 6.34. The summed E-state index contributed by atoms with van der Waals surface area (Å²) in [4.78, 5) is 2.39. The third-order valence-corrected chi connectivity index (χ3v) is 3.73. The lowest BCUT2D eigenvalue weighted by atomic mass is 10.1. The minimum absolute atomic E-state index is 0.481. The molecular formula is C12H24N2O2. The third kappa shape index (κ3) is 3.17. The molecule has 2 fully saturated rings. The van der Waals surface area contributed by atoms with E-state index in [0.29, 0.717) is 12.1 Å². The van der Waals surface area contributed by atoms with Crippen molar-refractivity contribution < 1.29 is 9.84 Å². The van der Waals surface area contributed by atoms with E-state index < -0.39 is 5.60 Å². The molecule has 3 unspecified atom stereocenters. The molecule has 0 aliphatic carbocycles. The number of ether oxygens (including phenoxy) is 1. The maximum atomic E-state index is 9.94. The van der Waals surface area contributed by atoms with E-state index in [9.17, 15) is 5.11 Å². The van der Waals surface area contributed by atoms with Crippen LogP contribution in [-0.4, -0.2) is 60.5 Å². The van der Waals surface area contributed by atoms with Crippen molar-refractivity contribution in [2.75, 3.05) is 32.8 Å². The van der Waals surface area contributed by atoms with Crippen molar-refractivity contribution in [1.29, 1.82) is 0 Å². The van der Waals surface area contributed by atoms with Gasteiger partial charge in [0.05, 0.1) is 18.8 Å². The summed E-state index contributed by atoms with van der Waals surface area (Å²) in [6, 6.07) is 1.00. The Kier molecular flexibility index (Phi) is 3.85. The molecule has 2 aliphatic rings. The van der Waals surface area contributed by atoms with Crippen molar-refractivity contribution in [3.63, 3.8) is 0 Å². The molecule has 0 aromatic rings. The lowest BCUT2D eigenvalue weighted by Gasteiger charge is -2.31. The fourth-order valence-electron chi connectivity index (χ4n) is 2.69. The van der Waals surface area contributed by atoms with E-state index >= 15 is 0 Å². The Morgan fingerprint density at radius 3 is 3.00 bits per heavy atom. The molecule has 4 heteroatoms. The van der Waals surface area contributed by atoms with Gasteiger partial charge in [0.1, 0.15) is 0 Å². The van der Waals surface area contributed by atoms with Gasteiger partial charge < -0.3 is 15.2 Å². The van der Waals surface area contributed by atoms with Gasteiger partial charge in [-0.15, -0.1) is 0 Å². The van der Waals surface area contributed by atoms with Crippen LogP contribution in [0, 0.1) is 0 Å². The fourth-order valence-corrected chi connectivity index (χ4v) is 2.69. The Morgan fingerprint density at radius 2 is 2.44 bits per heavy atom. The largest absolute Gasteiger partial charge is 0.389 e. The van der Waals surface area contributed by atoms with Gasteiger partial charge in [-0.1, -0.05) is 0 Å². The highest BCUT2D eigenvalue weighted by molar-refractivity contribution is 4.89. The van der Waals surface area contributed by atoms with Crippen LogP contribution in [0.2, 0.25) is 0 Å². The Hall–Kier alpha value is -0.160.